The number of β-lactam (4-membered cyclic amide) rings is 1. The van der Waals surface area contributed by atoms with Gasteiger partial charge in [0, 0.05) is 11.3 Å². The maximum absolute atomic E-state index is 11.2. The van der Waals surface area contributed by atoms with Gasteiger partial charge in [0.1, 0.15) is 6.54 Å². The van der Waals surface area contributed by atoms with E-state index in [1.165, 1.54) is 4.90 Å². The molecule has 0 aromatic carbocycles. The number of nitrogens with zero attached hydrogens (tertiary/aromatic N) is 1. The Hall–Kier alpha value is -1.43. The molecule has 1 atom stereocenters. The first-order chi connectivity index (χ1) is 7.66. The molecule has 1 aromatic heterocycles. The van der Waals surface area contributed by atoms with Crippen LogP contribution in [-0.4, -0.2) is 28.6 Å². The van der Waals surface area contributed by atoms with Crippen molar-refractivity contribution in [1.82, 2.24) is 4.90 Å². The van der Waals surface area contributed by atoms with Gasteiger partial charge in [0.15, 0.2) is 0 Å². The molecule has 2 amide bonds. The van der Waals surface area contributed by atoms with E-state index in [-0.39, 0.29) is 17.8 Å². The van der Waals surface area contributed by atoms with E-state index in [0.717, 1.165) is 11.3 Å². The van der Waals surface area contributed by atoms with Crippen LogP contribution in [0, 0.1) is 0 Å². The average Bonchev–Trinajstić information content (AvgIpc) is 2.73. The molecule has 0 spiro atoms. The predicted molar refractivity (Wildman–Crippen MR) is 59.3 cm³/mol. The molecule has 1 aliphatic rings. The maximum atomic E-state index is 11.2. The third-order valence-electron chi connectivity index (χ3n) is 2.37. The summed E-state index contributed by atoms with van der Waals surface area (Å²) in [5.41, 5.74) is 6.13. The molecule has 2 rings (SSSR count). The number of nitrogens with two attached hydrogens (primary N) is 1. The minimum absolute atomic E-state index is 0.0107. The predicted octanol–water partition coefficient (Wildman–Crippen LogP) is 0.556. The number of likely N-dealkylation sites (tertiary alicyclic amines) is 1. The third kappa shape index (κ3) is 2.38. The maximum Gasteiger partial charge on any atom is 0.237 e. The smallest absolute Gasteiger partial charge is 0.237 e. The number of primary amides is 1. The fourth-order valence-electron chi connectivity index (χ4n) is 1.50. The summed E-state index contributed by atoms with van der Waals surface area (Å²) in [5.74, 6) is 0.287. The number of furan rings is 1. The highest BCUT2D eigenvalue weighted by Gasteiger charge is 2.36. The fraction of sp³-hybridized carbons (Fsp3) is 0.400. The van der Waals surface area contributed by atoms with Gasteiger partial charge in [-0.25, -0.2) is 0 Å². The van der Waals surface area contributed by atoms with E-state index in [1.54, 1.807) is 24.3 Å². The summed E-state index contributed by atoms with van der Waals surface area (Å²) < 4.78 is 4.94. The summed E-state index contributed by atoms with van der Waals surface area (Å²) >= 11 is 1.61. The summed E-state index contributed by atoms with van der Waals surface area (Å²) in [5, 5.41) is 0.0647. The van der Waals surface area contributed by atoms with Crippen LogP contribution in [0.15, 0.2) is 23.0 Å². The Kier molecular flexibility index (Phi) is 3.19. The lowest BCUT2D eigenvalue weighted by molar-refractivity contribution is -0.144. The molecule has 0 radical (unpaired) electrons. The molecule has 0 aliphatic carbocycles. The Morgan fingerprint density at radius 3 is 3.06 bits per heavy atom. The quantitative estimate of drug-likeness (QED) is 0.763. The lowest BCUT2D eigenvalue weighted by atomic mass is 10.2. The summed E-state index contributed by atoms with van der Waals surface area (Å²) in [7, 11) is 0. The van der Waals surface area contributed by atoms with Gasteiger partial charge < -0.3 is 15.1 Å². The minimum atomic E-state index is -0.470. The van der Waals surface area contributed by atoms with Gasteiger partial charge in [0.25, 0.3) is 0 Å². The summed E-state index contributed by atoms with van der Waals surface area (Å²) in [6, 6.07) is 1.88. The second kappa shape index (κ2) is 4.61. The molecule has 16 heavy (non-hydrogen) atoms. The molecule has 1 unspecified atom stereocenters. The van der Waals surface area contributed by atoms with Crippen LogP contribution in [0.3, 0.4) is 0 Å². The fourth-order valence-corrected chi connectivity index (χ4v) is 2.68. The number of hydrogen-bond donors (Lipinski definition) is 1. The molecule has 0 saturated carbocycles. The van der Waals surface area contributed by atoms with Crippen LogP contribution in [-0.2, 0) is 15.3 Å². The summed E-state index contributed by atoms with van der Waals surface area (Å²) in [6.07, 6.45) is 3.77. The average molecular weight is 240 g/mol. The topological polar surface area (TPSA) is 76.5 Å². The molecule has 86 valence electrons. The zero-order valence-electron chi connectivity index (χ0n) is 8.59. The summed E-state index contributed by atoms with van der Waals surface area (Å²) in [4.78, 5) is 23.5. The van der Waals surface area contributed by atoms with Crippen molar-refractivity contribution in [1.29, 1.82) is 0 Å². The standard InChI is InChI=1S/C10H12N2O3S/c11-8(13)4-12-9(14)3-10(12)16-6-7-1-2-15-5-7/h1-2,5,10H,3-4,6H2,(H2,11,13). The van der Waals surface area contributed by atoms with Gasteiger partial charge in [-0.2, -0.15) is 0 Å². The number of hydrogen-bond acceptors (Lipinski definition) is 4. The van der Waals surface area contributed by atoms with Crippen LogP contribution in [0.2, 0.25) is 0 Å². The largest absolute Gasteiger partial charge is 0.472 e. The van der Waals surface area contributed by atoms with Crippen LogP contribution in [0.1, 0.15) is 12.0 Å². The second-order valence-electron chi connectivity index (χ2n) is 3.59. The molecule has 5 nitrogen and oxygen atoms in total. The van der Waals surface area contributed by atoms with E-state index in [9.17, 15) is 9.59 Å². The molecule has 1 aromatic rings. The van der Waals surface area contributed by atoms with E-state index < -0.39 is 5.91 Å². The van der Waals surface area contributed by atoms with Gasteiger partial charge in [-0.05, 0) is 6.07 Å². The van der Waals surface area contributed by atoms with Crippen molar-refractivity contribution in [3.8, 4) is 0 Å². The monoisotopic (exact) mass is 240 g/mol. The Labute approximate surface area is 97.0 Å². The molecule has 2 heterocycles. The van der Waals surface area contributed by atoms with E-state index in [4.69, 9.17) is 10.2 Å². The van der Waals surface area contributed by atoms with Gasteiger partial charge in [-0.3, -0.25) is 9.59 Å². The van der Waals surface area contributed by atoms with Gasteiger partial charge in [-0.1, -0.05) is 0 Å². The highest BCUT2D eigenvalue weighted by atomic mass is 32.2. The van der Waals surface area contributed by atoms with Crippen LogP contribution in [0.5, 0.6) is 0 Å². The zero-order valence-corrected chi connectivity index (χ0v) is 9.40. The van der Waals surface area contributed by atoms with Crippen molar-refractivity contribution in [3.05, 3.63) is 24.2 Å². The Morgan fingerprint density at radius 2 is 2.50 bits per heavy atom. The molecule has 0 bridgehead atoms. The first-order valence-corrected chi connectivity index (χ1v) is 5.92. The van der Waals surface area contributed by atoms with E-state index in [2.05, 4.69) is 0 Å². The van der Waals surface area contributed by atoms with Crippen molar-refractivity contribution in [3.63, 3.8) is 0 Å². The number of rotatable bonds is 5. The van der Waals surface area contributed by atoms with Crippen LogP contribution in [0.4, 0.5) is 0 Å². The van der Waals surface area contributed by atoms with Crippen LogP contribution < -0.4 is 5.73 Å². The minimum Gasteiger partial charge on any atom is -0.472 e. The Bertz CT molecular complexity index is 391. The highest BCUT2D eigenvalue weighted by molar-refractivity contribution is 7.99. The van der Waals surface area contributed by atoms with Crippen molar-refractivity contribution >= 4 is 23.6 Å². The number of thioether (sulfide) groups is 1. The molecular weight excluding hydrogens is 228 g/mol. The highest BCUT2D eigenvalue weighted by Crippen LogP contribution is 2.31. The van der Waals surface area contributed by atoms with Crippen molar-refractivity contribution in [2.45, 2.75) is 17.5 Å². The van der Waals surface area contributed by atoms with E-state index in [1.807, 2.05) is 6.07 Å². The normalized spacial score (nSPS) is 19.6. The van der Waals surface area contributed by atoms with Gasteiger partial charge >= 0.3 is 0 Å². The van der Waals surface area contributed by atoms with Crippen LogP contribution in [0.25, 0.3) is 0 Å². The molecule has 1 aliphatic heterocycles. The Balaban J connectivity index is 1.82. The molecule has 1 fully saturated rings. The SMILES string of the molecule is NC(=O)CN1C(=O)CC1SCc1ccoc1. The Morgan fingerprint density at radius 1 is 1.69 bits per heavy atom. The lowest BCUT2D eigenvalue weighted by Crippen LogP contribution is -2.53. The zero-order chi connectivity index (χ0) is 11.5. The number of carbonyl (C=O) groups excluding carboxylic acids is 2. The second-order valence-corrected chi connectivity index (χ2v) is 4.76. The van der Waals surface area contributed by atoms with Crippen LogP contribution >= 0.6 is 11.8 Å². The third-order valence-corrected chi connectivity index (χ3v) is 3.67. The van der Waals surface area contributed by atoms with E-state index >= 15 is 0 Å². The van der Waals surface area contributed by atoms with Crippen molar-refractivity contribution < 1.29 is 14.0 Å². The first-order valence-electron chi connectivity index (χ1n) is 4.87. The summed E-state index contributed by atoms with van der Waals surface area (Å²) in [6.45, 7) is 0.0158. The van der Waals surface area contributed by atoms with Crippen molar-refractivity contribution in [2.75, 3.05) is 6.54 Å². The molecule has 2 N–H and O–H groups in total. The molecule has 6 heteroatoms. The molecular formula is C10H12N2O3S. The number of carbonyl (C=O) groups is 2. The van der Waals surface area contributed by atoms with Gasteiger partial charge in [-0.15, -0.1) is 11.8 Å². The van der Waals surface area contributed by atoms with Gasteiger partial charge in [0.05, 0.1) is 24.3 Å². The molecule has 1 saturated heterocycles. The first kappa shape index (κ1) is 11.1. The number of amides is 2. The van der Waals surface area contributed by atoms with E-state index in [0.29, 0.717) is 6.42 Å². The lowest BCUT2D eigenvalue weighted by Gasteiger charge is -2.38. The van der Waals surface area contributed by atoms with Crippen molar-refractivity contribution in [2.24, 2.45) is 5.73 Å². The van der Waals surface area contributed by atoms with Gasteiger partial charge in [0.2, 0.25) is 11.8 Å².